The van der Waals surface area contributed by atoms with Crippen molar-refractivity contribution in [1.29, 1.82) is 0 Å². The Morgan fingerprint density at radius 3 is 2.24 bits per heavy atom. The van der Waals surface area contributed by atoms with Crippen LogP contribution in [-0.4, -0.2) is 0 Å². The smallest absolute Gasteiger partial charge is 0.0294 e. The average Bonchev–Trinajstić information content (AvgIpc) is 2.38. The second-order valence-corrected chi connectivity index (χ2v) is 4.50. The van der Waals surface area contributed by atoms with E-state index in [1.165, 1.54) is 16.7 Å². The SMILES string of the molecule is Cc1ccc([C@H](C)NCc2ccccc2)cc1. The van der Waals surface area contributed by atoms with E-state index in [1.807, 2.05) is 6.07 Å². The van der Waals surface area contributed by atoms with E-state index < -0.39 is 0 Å². The van der Waals surface area contributed by atoms with Crippen LogP contribution in [0.3, 0.4) is 0 Å². The monoisotopic (exact) mass is 225 g/mol. The zero-order chi connectivity index (χ0) is 12.1. The van der Waals surface area contributed by atoms with Crippen LogP contribution in [0.2, 0.25) is 0 Å². The third kappa shape index (κ3) is 3.43. The highest BCUT2D eigenvalue weighted by Crippen LogP contribution is 2.13. The second kappa shape index (κ2) is 5.65. The maximum absolute atomic E-state index is 3.53. The predicted octanol–water partition coefficient (Wildman–Crippen LogP) is 3.85. The van der Waals surface area contributed by atoms with E-state index >= 15 is 0 Å². The van der Waals surface area contributed by atoms with Crippen LogP contribution in [0.5, 0.6) is 0 Å². The highest BCUT2D eigenvalue weighted by molar-refractivity contribution is 5.24. The van der Waals surface area contributed by atoms with Crippen LogP contribution in [-0.2, 0) is 6.54 Å². The Morgan fingerprint density at radius 1 is 0.941 bits per heavy atom. The molecule has 0 unspecified atom stereocenters. The van der Waals surface area contributed by atoms with Gasteiger partial charge in [0, 0.05) is 12.6 Å². The Hall–Kier alpha value is -1.60. The minimum Gasteiger partial charge on any atom is -0.306 e. The number of nitrogens with one attached hydrogen (secondary N) is 1. The summed E-state index contributed by atoms with van der Waals surface area (Å²) in [4.78, 5) is 0. The molecular weight excluding hydrogens is 206 g/mol. The quantitative estimate of drug-likeness (QED) is 0.833. The third-order valence-electron chi connectivity index (χ3n) is 3.03. The van der Waals surface area contributed by atoms with Crippen molar-refractivity contribution in [2.45, 2.75) is 26.4 Å². The van der Waals surface area contributed by atoms with Crippen LogP contribution < -0.4 is 5.32 Å². The zero-order valence-electron chi connectivity index (χ0n) is 10.5. The summed E-state index contributed by atoms with van der Waals surface area (Å²) >= 11 is 0. The van der Waals surface area contributed by atoms with Crippen molar-refractivity contribution in [3.8, 4) is 0 Å². The lowest BCUT2D eigenvalue weighted by molar-refractivity contribution is 0.574. The van der Waals surface area contributed by atoms with Gasteiger partial charge in [0.2, 0.25) is 0 Å². The molecule has 1 atom stereocenters. The van der Waals surface area contributed by atoms with Gasteiger partial charge in [-0.15, -0.1) is 0 Å². The van der Waals surface area contributed by atoms with Crippen molar-refractivity contribution >= 4 is 0 Å². The molecule has 0 fully saturated rings. The third-order valence-corrected chi connectivity index (χ3v) is 3.03. The first-order valence-corrected chi connectivity index (χ1v) is 6.09. The van der Waals surface area contributed by atoms with Crippen LogP contribution in [0.4, 0.5) is 0 Å². The lowest BCUT2D eigenvalue weighted by Gasteiger charge is -2.14. The summed E-state index contributed by atoms with van der Waals surface area (Å²) in [6.07, 6.45) is 0. The summed E-state index contributed by atoms with van der Waals surface area (Å²) in [7, 11) is 0. The second-order valence-electron chi connectivity index (χ2n) is 4.50. The molecule has 17 heavy (non-hydrogen) atoms. The van der Waals surface area contributed by atoms with Crippen LogP contribution in [0.25, 0.3) is 0 Å². The number of aryl methyl sites for hydroxylation is 1. The van der Waals surface area contributed by atoms with Gasteiger partial charge in [-0.25, -0.2) is 0 Å². The van der Waals surface area contributed by atoms with Gasteiger partial charge in [-0.3, -0.25) is 0 Å². The molecule has 1 N–H and O–H groups in total. The van der Waals surface area contributed by atoms with Gasteiger partial charge in [0.15, 0.2) is 0 Å². The van der Waals surface area contributed by atoms with Crippen LogP contribution >= 0.6 is 0 Å². The minimum atomic E-state index is 0.385. The predicted molar refractivity (Wildman–Crippen MR) is 72.9 cm³/mol. The van der Waals surface area contributed by atoms with Gasteiger partial charge >= 0.3 is 0 Å². The van der Waals surface area contributed by atoms with Crippen LogP contribution in [0.15, 0.2) is 54.6 Å². The Morgan fingerprint density at radius 2 is 1.59 bits per heavy atom. The Balaban J connectivity index is 1.93. The highest BCUT2D eigenvalue weighted by Gasteiger charge is 2.03. The van der Waals surface area contributed by atoms with E-state index in [0.717, 1.165) is 6.54 Å². The Labute approximate surface area is 103 Å². The largest absolute Gasteiger partial charge is 0.306 e. The van der Waals surface area contributed by atoms with Crippen molar-refractivity contribution in [3.05, 3.63) is 71.3 Å². The van der Waals surface area contributed by atoms with Gasteiger partial charge in [-0.2, -0.15) is 0 Å². The summed E-state index contributed by atoms with van der Waals surface area (Å²) < 4.78 is 0. The summed E-state index contributed by atoms with van der Waals surface area (Å²) in [6, 6.07) is 19.6. The fourth-order valence-corrected chi connectivity index (χ4v) is 1.84. The van der Waals surface area contributed by atoms with Gasteiger partial charge in [0.1, 0.15) is 0 Å². The average molecular weight is 225 g/mol. The maximum atomic E-state index is 3.53. The molecule has 0 saturated carbocycles. The number of hydrogen-bond acceptors (Lipinski definition) is 1. The van der Waals surface area contributed by atoms with Gasteiger partial charge in [0.25, 0.3) is 0 Å². The molecule has 2 aromatic rings. The summed E-state index contributed by atoms with van der Waals surface area (Å²) in [5, 5.41) is 3.53. The van der Waals surface area contributed by atoms with E-state index in [-0.39, 0.29) is 0 Å². The number of hydrogen-bond donors (Lipinski definition) is 1. The lowest BCUT2D eigenvalue weighted by atomic mass is 10.1. The molecule has 88 valence electrons. The molecule has 0 aromatic heterocycles. The maximum Gasteiger partial charge on any atom is 0.0294 e. The summed E-state index contributed by atoms with van der Waals surface area (Å²) in [6.45, 7) is 5.23. The Kier molecular flexibility index (Phi) is 3.94. The van der Waals surface area contributed by atoms with Crippen molar-refractivity contribution in [2.75, 3.05) is 0 Å². The molecule has 2 rings (SSSR count). The molecule has 0 radical (unpaired) electrons. The zero-order valence-corrected chi connectivity index (χ0v) is 10.5. The molecule has 0 aliphatic rings. The molecule has 0 amide bonds. The van der Waals surface area contributed by atoms with Gasteiger partial charge < -0.3 is 5.32 Å². The van der Waals surface area contributed by atoms with Gasteiger partial charge in [-0.1, -0.05) is 60.2 Å². The molecule has 0 aliphatic heterocycles. The molecular formula is C16H19N. The molecule has 0 aliphatic carbocycles. The van der Waals surface area contributed by atoms with Crippen LogP contribution in [0, 0.1) is 6.92 Å². The fraction of sp³-hybridized carbons (Fsp3) is 0.250. The van der Waals surface area contributed by atoms with E-state index in [9.17, 15) is 0 Å². The standard InChI is InChI=1S/C16H19N/c1-13-8-10-16(11-9-13)14(2)17-12-15-6-4-3-5-7-15/h3-11,14,17H,12H2,1-2H3/t14-/m0/s1. The first-order chi connectivity index (χ1) is 8.25. The first kappa shape index (κ1) is 11.9. The van der Waals surface area contributed by atoms with E-state index in [4.69, 9.17) is 0 Å². The van der Waals surface area contributed by atoms with E-state index in [1.54, 1.807) is 0 Å². The first-order valence-electron chi connectivity index (χ1n) is 6.09. The number of rotatable bonds is 4. The molecule has 1 heteroatoms. The molecule has 0 saturated heterocycles. The van der Waals surface area contributed by atoms with Gasteiger partial charge in [0.05, 0.1) is 0 Å². The van der Waals surface area contributed by atoms with Crippen LogP contribution in [0.1, 0.15) is 29.7 Å². The Bertz CT molecular complexity index is 445. The molecule has 0 spiro atoms. The molecule has 0 heterocycles. The number of benzene rings is 2. The van der Waals surface area contributed by atoms with Crippen molar-refractivity contribution in [1.82, 2.24) is 5.32 Å². The molecule has 1 nitrogen and oxygen atoms in total. The topological polar surface area (TPSA) is 12.0 Å². The lowest BCUT2D eigenvalue weighted by Crippen LogP contribution is -2.17. The van der Waals surface area contributed by atoms with Crippen molar-refractivity contribution in [2.24, 2.45) is 0 Å². The highest BCUT2D eigenvalue weighted by atomic mass is 14.9. The minimum absolute atomic E-state index is 0.385. The van der Waals surface area contributed by atoms with E-state index in [2.05, 4.69) is 67.7 Å². The van der Waals surface area contributed by atoms with Crippen molar-refractivity contribution in [3.63, 3.8) is 0 Å². The van der Waals surface area contributed by atoms with Crippen molar-refractivity contribution < 1.29 is 0 Å². The summed E-state index contributed by atoms with van der Waals surface area (Å²) in [5.41, 5.74) is 3.97. The fourth-order valence-electron chi connectivity index (χ4n) is 1.84. The normalized spacial score (nSPS) is 12.4. The molecule has 2 aromatic carbocycles. The molecule has 0 bridgehead atoms. The van der Waals surface area contributed by atoms with E-state index in [0.29, 0.717) is 6.04 Å². The van der Waals surface area contributed by atoms with Gasteiger partial charge in [-0.05, 0) is 25.0 Å². The summed E-state index contributed by atoms with van der Waals surface area (Å²) in [5.74, 6) is 0.